The highest BCUT2D eigenvalue weighted by Crippen LogP contribution is 2.14. The molecule has 0 fully saturated rings. The molecule has 0 spiro atoms. The fraction of sp³-hybridized carbons (Fsp3) is 0.250. The number of imidazole rings is 1. The summed E-state index contributed by atoms with van der Waals surface area (Å²) in [7, 11) is -4.25. The molecule has 12 heavy (non-hydrogen) atoms. The summed E-state index contributed by atoms with van der Waals surface area (Å²) in [6, 6.07) is 0. The van der Waals surface area contributed by atoms with Crippen molar-refractivity contribution in [3.63, 3.8) is 0 Å². The molecule has 0 radical (unpaired) electrons. The molecule has 0 atom stereocenters. The van der Waals surface area contributed by atoms with E-state index in [2.05, 4.69) is 15.3 Å². The first-order chi connectivity index (χ1) is 5.55. The molecule has 0 bridgehead atoms. The molecule has 5 N–H and O–H groups in total. The molecule has 0 aliphatic carbocycles. The Morgan fingerprint density at radius 1 is 1.75 bits per heavy atom. The molecule has 0 aromatic carbocycles. The molecule has 7 nitrogen and oxygen atoms in total. The average Bonchev–Trinajstić information content (AvgIpc) is 2.34. The van der Waals surface area contributed by atoms with Crippen LogP contribution >= 0.6 is 0 Å². The summed E-state index contributed by atoms with van der Waals surface area (Å²) in [5.74, 6) is 0.0139. The van der Waals surface area contributed by atoms with Crippen molar-refractivity contribution >= 4 is 15.9 Å². The van der Waals surface area contributed by atoms with Crippen LogP contribution in [0.2, 0.25) is 0 Å². The fourth-order valence-electron chi connectivity index (χ4n) is 0.702. The minimum absolute atomic E-state index is 0.0139. The topological polar surface area (TPSA) is 121 Å². The van der Waals surface area contributed by atoms with Gasteiger partial charge in [0.15, 0.2) is 5.82 Å². The van der Waals surface area contributed by atoms with Crippen LogP contribution in [0.3, 0.4) is 0 Å². The summed E-state index contributed by atoms with van der Waals surface area (Å²) < 4.78 is 29.8. The number of hydrogen-bond donors (Lipinski definition) is 4. The van der Waals surface area contributed by atoms with Crippen molar-refractivity contribution in [1.82, 2.24) is 9.97 Å². The second-order valence-electron chi connectivity index (χ2n) is 1.94. The van der Waals surface area contributed by atoms with E-state index in [1.165, 1.54) is 0 Å². The molecule has 0 saturated carbocycles. The highest BCUT2D eigenvalue weighted by molar-refractivity contribution is 7.85. The van der Waals surface area contributed by atoms with Crippen molar-refractivity contribution in [3.05, 3.63) is 6.33 Å². The Balaban J connectivity index is 3.08. The summed E-state index contributed by atoms with van der Waals surface area (Å²) in [6.45, 7) is 0.0351. The van der Waals surface area contributed by atoms with Crippen molar-refractivity contribution < 1.29 is 13.0 Å². The third-order valence-corrected chi connectivity index (χ3v) is 1.96. The van der Waals surface area contributed by atoms with Crippen LogP contribution in [0.15, 0.2) is 11.4 Å². The van der Waals surface area contributed by atoms with E-state index in [9.17, 15) is 8.42 Å². The predicted octanol–water partition coefficient (Wildman–Crippen LogP) is -1.02. The molecule has 1 rings (SSSR count). The van der Waals surface area contributed by atoms with Gasteiger partial charge in [0.2, 0.25) is 5.03 Å². The second-order valence-corrected chi connectivity index (χ2v) is 3.29. The second kappa shape index (κ2) is 3.09. The van der Waals surface area contributed by atoms with Crippen molar-refractivity contribution in [3.8, 4) is 0 Å². The van der Waals surface area contributed by atoms with E-state index >= 15 is 0 Å². The van der Waals surface area contributed by atoms with Crippen molar-refractivity contribution in [2.24, 2.45) is 5.73 Å². The number of nitrogens with one attached hydrogen (secondary N) is 2. The van der Waals surface area contributed by atoms with Crippen LogP contribution in [-0.2, 0) is 10.1 Å². The third-order valence-electron chi connectivity index (χ3n) is 1.13. The van der Waals surface area contributed by atoms with Gasteiger partial charge < -0.3 is 16.0 Å². The molecular weight excluding hydrogens is 184 g/mol. The molecule has 1 aromatic rings. The largest absolute Gasteiger partial charge is 0.355 e. The molecule has 0 saturated heterocycles. The maximum atomic E-state index is 10.6. The van der Waals surface area contributed by atoms with Gasteiger partial charge in [0.1, 0.15) is 0 Å². The Morgan fingerprint density at radius 2 is 2.42 bits per heavy atom. The summed E-state index contributed by atoms with van der Waals surface area (Å²) in [4.78, 5) is 5.85. The van der Waals surface area contributed by atoms with E-state index < -0.39 is 10.1 Å². The zero-order valence-electron chi connectivity index (χ0n) is 5.98. The summed E-state index contributed by atoms with van der Waals surface area (Å²) in [6.07, 6.45) is 1.14. The number of rotatable bonds is 3. The van der Waals surface area contributed by atoms with Crippen LogP contribution in [0.5, 0.6) is 0 Å². The standard InChI is InChI=1S/C4H8N4O3S/c5-1-6-3-4(8-2-7-3)12(9,10)11/h2,6H,1,5H2,(H,7,8)(H,9,10,11). The lowest BCUT2D eigenvalue weighted by molar-refractivity contribution is 0.480. The van der Waals surface area contributed by atoms with Crippen LogP contribution in [0, 0.1) is 0 Å². The first-order valence-corrected chi connectivity index (χ1v) is 4.44. The molecule has 8 heteroatoms. The van der Waals surface area contributed by atoms with Crippen LogP contribution < -0.4 is 11.1 Å². The minimum atomic E-state index is -4.25. The third kappa shape index (κ3) is 1.72. The zero-order valence-corrected chi connectivity index (χ0v) is 6.80. The maximum Gasteiger partial charge on any atom is 0.313 e. The molecule has 0 aliphatic heterocycles. The highest BCUT2D eigenvalue weighted by Gasteiger charge is 2.17. The Morgan fingerprint density at radius 3 is 2.92 bits per heavy atom. The first-order valence-electron chi connectivity index (χ1n) is 3.00. The summed E-state index contributed by atoms with van der Waals surface area (Å²) in [5, 5.41) is 2.08. The van der Waals surface area contributed by atoms with Crippen LogP contribution in [-0.4, -0.2) is 29.6 Å². The summed E-state index contributed by atoms with van der Waals surface area (Å²) in [5.41, 5.74) is 5.09. The van der Waals surface area contributed by atoms with Crippen LogP contribution in [0.1, 0.15) is 0 Å². The average molecular weight is 192 g/mol. The Hall–Kier alpha value is -1.12. The van der Waals surface area contributed by atoms with Gasteiger partial charge in [-0.15, -0.1) is 0 Å². The van der Waals surface area contributed by atoms with Gasteiger partial charge in [0, 0.05) is 0 Å². The van der Waals surface area contributed by atoms with Gasteiger partial charge in [-0.3, -0.25) is 4.55 Å². The van der Waals surface area contributed by atoms with E-state index in [4.69, 9.17) is 10.3 Å². The molecule has 1 aromatic heterocycles. The lowest BCUT2D eigenvalue weighted by atomic mass is 10.7. The lowest BCUT2D eigenvalue weighted by Crippen LogP contribution is -2.13. The normalized spacial score (nSPS) is 11.5. The maximum absolute atomic E-state index is 10.6. The van der Waals surface area contributed by atoms with Crippen molar-refractivity contribution in [2.45, 2.75) is 5.03 Å². The smallest absolute Gasteiger partial charge is 0.313 e. The monoisotopic (exact) mass is 192 g/mol. The van der Waals surface area contributed by atoms with Gasteiger partial charge in [0.25, 0.3) is 0 Å². The molecule has 1 heterocycles. The van der Waals surface area contributed by atoms with E-state index in [1.807, 2.05) is 0 Å². The number of aromatic nitrogens is 2. The van der Waals surface area contributed by atoms with E-state index in [1.54, 1.807) is 0 Å². The molecule has 0 unspecified atom stereocenters. The van der Waals surface area contributed by atoms with Crippen LogP contribution in [0.25, 0.3) is 0 Å². The summed E-state index contributed by atoms with van der Waals surface area (Å²) >= 11 is 0. The Labute approximate surface area is 68.7 Å². The number of nitrogens with two attached hydrogens (primary N) is 1. The van der Waals surface area contributed by atoms with Gasteiger partial charge in [-0.1, -0.05) is 0 Å². The van der Waals surface area contributed by atoms with E-state index in [0.29, 0.717) is 0 Å². The highest BCUT2D eigenvalue weighted by atomic mass is 32.2. The van der Waals surface area contributed by atoms with Crippen molar-refractivity contribution in [1.29, 1.82) is 0 Å². The lowest BCUT2D eigenvalue weighted by Gasteiger charge is -1.99. The van der Waals surface area contributed by atoms with Gasteiger partial charge >= 0.3 is 10.1 Å². The molecular formula is C4H8N4O3S. The quantitative estimate of drug-likeness (QED) is 0.359. The number of nitrogens with zero attached hydrogens (tertiary/aromatic N) is 1. The molecule has 0 aliphatic rings. The number of H-pyrrole nitrogens is 1. The Bertz CT molecular complexity index is 356. The van der Waals surface area contributed by atoms with Gasteiger partial charge in [-0.2, -0.15) is 8.42 Å². The zero-order chi connectivity index (χ0) is 9.19. The van der Waals surface area contributed by atoms with Gasteiger partial charge in [-0.05, 0) is 0 Å². The van der Waals surface area contributed by atoms with E-state index in [0.717, 1.165) is 6.33 Å². The number of hydrogen-bond acceptors (Lipinski definition) is 5. The molecule has 68 valence electrons. The minimum Gasteiger partial charge on any atom is -0.355 e. The fourth-order valence-corrected chi connectivity index (χ4v) is 1.27. The Kier molecular flexibility index (Phi) is 2.31. The predicted molar refractivity (Wildman–Crippen MR) is 41.1 cm³/mol. The number of anilines is 1. The van der Waals surface area contributed by atoms with Crippen molar-refractivity contribution in [2.75, 3.05) is 12.0 Å². The van der Waals surface area contributed by atoms with E-state index in [-0.39, 0.29) is 17.5 Å². The SMILES string of the molecule is NCNc1nc[nH]c1S(=O)(=O)O. The van der Waals surface area contributed by atoms with Gasteiger partial charge in [0.05, 0.1) is 13.0 Å². The molecule has 0 amide bonds. The first kappa shape index (κ1) is 8.97. The number of aromatic amines is 1. The van der Waals surface area contributed by atoms with Crippen LogP contribution in [0.4, 0.5) is 5.82 Å². The van der Waals surface area contributed by atoms with Gasteiger partial charge in [-0.25, -0.2) is 4.98 Å².